The summed E-state index contributed by atoms with van der Waals surface area (Å²) in [5.74, 6) is -11.9. The molecule has 0 aliphatic heterocycles. The lowest BCUT2D eigenvalue weighted by Gasteiger charge is -2.55. The number of carbonyl (C=O) groups excluding carboxylic acids is 4. The third-order valence-electron chi connectivity index (χ3n) is 6.98. The molecule has 0 heterocycles. The fraction of sp³-hybridized carbons (Fsp3) is 0.500. The van der Waals surface area contributed by atoms with Gasteiger partial charge in [0, 0.05) is 11.8 Å². The van der Waals surface area contributed by atoms with Crippen LogP contribution < -0.4 is 4.74 Å². The highest BCUT2D eigenvalue weighted by Gasteiger charge is 2.71. The quantitative estimate of drug-likeness (QED) is 0.430. The Morgan fingerprint density at radius 3 is 1.89 bits per heavy atom. The van der Waals surface area contributed by atoms with Crippen molar-refractivity contribution in [2.24, 2.45) is 23.7 Å². The van der Waals surface area contributed by atoms with Gasteiger partial charge in [0.1, 0.15) is 23.0 Å². The lowest BCUT2D eigenvalue weighted by molar-refractivity contribution is -0.208. The number of methoxy groups -OCH3 is 5. The molecular weight excluding hydrogens is 464 g/mol. The first-order valence-electron chi connectivity index (χ1n) is 10.7. The number of hydrogen-bond donors (Lipinski definition) is 2. The molecule has 11 heteroatoms. The summed E-state index contributed by atoms with van der Waals surface area (Å²) >= 11 is 0. The average Bonchev–Trinajstić information content (AvgIpc) is 2.86. The second kappa shape index (κ2) is 9.95. The number of aliphatic hydroxyl groups is 2. The van der Waals surface area contributed by atoms with Gasteiger partial charge in [-0.2, -0.15) is 0 Å². The highest BCUT2D eigenvalue weighted by Crippen LogP contribution is 2.60. The summed E-state index contributed by atoms with van der Waals surface area (Å²) in [5.41, 5.74) is -2.51. The summed E-state index contributed by atoms with van der Waals surface area (Å²) in [6, 6.07) is 6.69. The zero-order valence-electron chi connectivity index (χ0n) is 20.0. The standard InChI is InChI=1S/C24H28O11/c1-31-14-9-7-6-8-11(14)12-10-13-15(20(26)32-2)19(25)18(23(29)35-5)24(30,16(12)21(27)33-3)17(13)22(28)34-4/h6-9,12-13,16-18,25,30H,10H2,1-5H3/t12-,13-,16-,17-,18?,24-/m1/s1. The molecule has 3 rings (SSSR count). The van der Waals surface area contributed by atoms with Crippen LogP contribution in [0.2, 0.25) is 0 Å². The average molecular weight is 492 g/mol. The molecular formula is C24H28O11. The summed E-state index contributed by atoms with van der Waals surface area (Å²) in [6.45, 7) is 0. The Labute approximate surface area is 201 Å². The van der Waals surface area contributed by atoms with Gasteiger partial charge in [-0.25, -0.2) is 4.79 Å². The van der Waals surface area contributed by atoms with E-state index >= 15 is 0 Å². The Morgan fingerprint density at radius 2 is 1.37 bits per heavy atom. The minimum Gasteiger partial charge on any atom is -0.511 e. The first-order valence-corrected chi connectivity index (χ1v) is 10.7. The first-order chi connectivity index (χ1) is 16.6. The molecule has 0 amide bonds. The normalized spacial score (nSPS) is 29.6. The molecule has 6 atom stereocenters. The summed E-state index contributed by atoms with van der Waals surface area (Å²) in [7, 11) is 5.65. The number of rotatable bonds is 6. The van der Waals surface area contributed by atoms with E-state index in [4.69, 9.17) is 23.7 Å². The van der Waals surface area contributed by atoms with Crippen LogP contribution in [-0.2, 0) is 38.1 Å². The number of para-hydroxylation sites is 1. The predicted molar refractivity (Wildman–Crippen MR) is 117 cm³/mol. The van der Waals surface area contributed by atoms with Crippen molar-refractivity contribution in [2.45, 2.75) is 17.9 Å². The van der Waals surface area contributed by atoms with Crippen molar-refractivity contribution in [3.63, 3.8) is 0 Å². The van der Waals surface area contributed by atoms with E-state index in [0.717, 1.165) is 28.4 Å². The van der Waals surface area contributed by atoms with Crippen molar-refractivity contribution in [3.05, 3.63) is 41.2 Å². The van der Waals surface area contributed by atoms with E-state index in [1.807, 2.05) is 0 Å². The van der Waals surface area contributed by atoms with Crippen molar-refractivity contribution in [1.82, 2.24) is 0 Å². The largest absolute Gasteiger partial charge is 0.511 e. The summed E-state index contributed by atoms with van der Waals surface area (Å²) in [5, 5.41) is 23.3. The van der Waals surface area contributed by atoms with E-state index in [1.54, 1.807) is 24.3 Å². The van der Waals surface area contributed by atoms with Crippen LogP contribution in [0.1, 0.15) is 17.9 Å². The maximum Gasteiger partial charge on any atom is 0.337 e. The van der Waals surface area contributed by atoms with Gasteiger partial charge in [-0.3, -0.25) is 14.4 Å². The van der Waals surface area contributed by atoms with E-state index in [2.05, 4.69) is 0 Å². The fourth-order valence-electron chi connectivity index (χ4n) is 5.62. The maximum absolute atomic E-state index is 13.2. The van der Waals surface area contributed by atoms with Crippen molar-refractivity contribution >= 4 is 23.9 Å². The van der Waals surface area contributed by atoms with Gasteiger partial charge in [-0.05, 0) is 18.1 Å². The molecule has 1 aromatic rings. The Hall–Kier alpha value is -3.60. The highest BCUT2D eigenvalue weighted by molar-refractivity contribution is 5.96. The number of aliphatic hydroxyl groups excluding tert-OH is 1. The number of carbonyl (C=O) groups is 4. The fourth-order valence-corrected chi connectivity index (χ4v) is 5.62. The van der Waals surface area contributed by atoms with Crippen LogP contribution in [0.3, 0.4) is 0 Å². The van der Waals surface area contributed by atoms with Crippen molar-refractivity contribution in [3.8, 4) is 5.75 Å². The second-order valence-electron chi connectivity index (χ2n) is 8.33. The number of esters is 4. The Kier molecular flexibility index (Phi) is 7.39. The Balaban J connectivity index is 2.44. The van der Waals surface area contributed by atoms with Crippen LogP contribution in [0.5, 0.6) is 5.75 Å². The molecule has 2 N–H and O–H groups in total. The lowest BCUT2D eigenvalue weighted by Crippen LogP contribution is -2.68. The first kappa shape index (κ1) is 26.0. The third-order valence-corrected chi connectivity index (χ3v) is 6.98. The maximum atomic E-state index is 13.2. The minimum atomic E-state index is -2.59. The molecule has 190 valence electrons. The SMILES string of the molecule is COC(=O)C1=C(O)C(C(=O)OC)[C@]2(O)[C@@H](C(=O)OC)[C@@H]1C[C@H](c1ccccc1OC)[C@@H]2C(=O)OC. The van der Waals surface area contributed by atoms with Gasteiger partial charge < -0.3 is 33.9 Å². The molecule has 0 aromatic heterocycles. The van der Waals surface area contributed by atoms with Crippen LogP contribution in [0.4, 0.5) is 0 Å². The van der Waals surface area contributed by atoms with Crippen molar-refractivity contribution in [1.29, 1.82) is 0 Å². The molecule has 2 aliphatic carbocycles. The molecule has 1 fully saturated rings. The van der Waals surface area contributed by atoms with Crippen LogP contribution >= 0.6 is 0 Å². The number of benzene rings is 1. The Morgan fingerprint density at radius 1 is 0.829 bits per heavy atom. The van der Waals surface area contributed by atoms with Crippen LogP contribution in [0.15, 0.2) is 35.6 Å². The topological polar surface area (TPSA) is 155 Å². The predicted octanol–water partition coefficient (Wildman–Crippen LogP) is 0.896. The van der Waals surface area contributed by atoms with E-state index in [0.29, 0.717) is 11.3 Å². The van der Waals surface area contributed by atoms with Crippen molar-refractivity contribution in [2.75, 3.05) is 35.5 Å². The monoisotopic (exact) mass is 492 g/mol. The van der Waals surface area contributed by atoms with Crippen LogP contribution in [0, 0.1) is 23.7 Å². The molecule has 2 aliphatic rings. The molecule has 2 bridgehead atoms. The minimum absolute atomic E-state index is 0.0927. The van der Waals surface area contributed by atoms with Gasteiger partial charge in [0.15, 0.2) is 0 Å². The molecule has 0 saturated heterocycles. The van der Waals surface area contributed by atoms with E-state index in [1.165, 1.54) is 7.11 Å². The number of ether oxygens (including phenoxy) is 5. The zero-order chi connectivity index (χ0) is 26.1. The van der Waals surface area contributed by atoms with Gasteiger partial charge >= 0.3 is 23.9 Å². The molecule has 1 saturated carbocycles. The van der Waals surface area contributed by atoms with Gasteiger partial charge in [0.25, 0.3) is 0 Å². The molecule has 1 aromatic carbocycles. The lowest BCUT2D eigenvalue weighted by atomic mass is 9.49. The summed E-state index contributed by atoms with van der Waals surface area (Å²) < 4.78 is 25.0. The molecule has 1 unspecified atom stereocenters. The third kappa shape index (κ3) is 3.89. The van der Waals surface area contributed by atoms with Gasteiger partial charge in [-0.1, -0.05) is 18.2 Å². The smallest absolute Gasteiger partial charge is 0.337 e. The molecule has 0 spiro atoms. The van der Waals surface area contributed by atoms with Crippen molar-refractivity contribution < 1.29 is 53.1 Å². The number of hydrogen-bond acceptors (Lipinski definition) is 11. The Bertz CT molecular complexity index is 1060. The second-order valence-corrected chi connectivity index (χ2v) is 8.33. The molecule has 0 radical (unpaired) electrons. The number of fused-ring (bicyclic) bond motifs is 2. The molecule has 35 heavy (non-hydrogen) atoms. The van der Waals surface area contributed by atoms with E-state index < -0.39 is 64.8 Å². The van der Waals surface area contributed by atoms with Crippen LogP contribution in [-0.4, -0.2) is 75.2 Å². The van der Waals surface area contributed by atoms with E-state index in [-0.39, 0.29) is 12.0 Å². The van der Waals surface area contributed by atoms with E-state index in [9.17, 15) is 29.4 Å². The summed E-state index contributed by atoms with van der Waals surface area (Å²) in [6.07, 6.45) is -0.0927. The van der Waals surface area contributed by atoms with Gasteiger partial charge in [-0.15, -0.1) is 0 Å². The summed E-state index contributed by atoms with van der Waals surface area (Å²) in [4.78, 5) is 52.0. The molecule has 11 nitrogen and oxygen atoms in total. The van der Waals surface area contributed by atoms with Gasteiger partial charge in [0.05, 0.1) is 53.0 Å². The van der Waals surface area contributed by atoms with Crippen LogP contribution in [0.25, 0.3) is 0 Å². The highest BCUT2D eigenvalue weighted by atomic mass is 16.5. The van der Waals surface area contributed by atoms with Gasteiger partial charge in [0.2, 0.25) is 0 Å². The zero-order valence-corrected chi connectivity index (χ0v) is 20.0.